The van der Waals surface area contributed by atoms with Gasteiger partial charge in [-0.1, -0.05) is 37.3 Å². The molecule has 0 spiro atoms. The van der Waals surface area contributed by atoms with E-state index < -0.39 is 0 Å². The fraction of sp³-hybridized carbons (Fsp3) is 0.562. The molecule has 0 bridgehead atoms. The van der Waals surface area contributed by atoms with Crippen molar-refractivity contribution < 1.29 is 9.53 Å². The van der Waals surface area contributed by atoms with Crippen molar-refractivity contribution in [2.45, 2.75) is 32.4 Å². The third-order valence-corrected chi connectivity index (χ3v) is 3.47. The maximum absolute atomic E-state index is 12.4. The van der Waals surface area contributed by atoms with Crippen LogP contribution in [0.1, 0.15) is 25.3 Å². The number of halogens is 1. The zero-order chi connectivity index (χ0) is 14.2. The molecule has 1 heterocycles. The number of morpholine rings is 1. The molecule has 1 saturated heterocycles. The first kappa shape index (κ1) is 18.0. The van der Waals surface area contributed by atoms with E-state index in [1.807, 2.05) is 23.1 Å². The second-order valence-corrected chi connectivity index (χ2v) is 5.20. The summed E-state index contributed by atoms with van der Waals surface area (Å²) in [4.78, 5) is 14.4. The minimum absolute atomic E-state index is 0. The van der Waals surface area contributed by atoms with Crippen LogP contribution in [0.25, 0.3) is 0 Å². The zero-order valence-electron chi connectivity index (χ0n) is 12.6. The highest BCUT2D eigenvalue weighted by atomic mass is 35.5. The minimum atomic E-state index is 0. The minimum Gasteiger partial charge on any atom is -0.375 e. The van der Waals surface area contributed by atoms with Gasteiger partial charge in [-0.2, -0.15) is 0 Å². The first-order valence-corrected chi connectivity index (χ1v) is 7.43. The number of ether oxygens (including phenoxy) is 1. The van der Waals surface area contributed by atoms with Crippen molar-refractivity contribution in [3.8, 4) is 0 Å². The van der Waals surface area contributed by atoms with Gasteiger partial charge >= 0.3 is 0 Å². The number of carbonyl (C=O) groups is 1. The summed E-state index contributed by atoms with van der Waals surface area (Å²) in [6.45, 7) is 5.94. The summed E-state index contributed by atoms with van der Waals surface area (Å²) < 4.78 is 5.62. The molecular formula is C16H25ClN2O2. The maximum Gasteiger partial charge on any atom is 0.225 e. The third kappa shape index (κ3) is 6.04. The molecule has 1 aliphatic rings. The van der Waals surface area contributed by atoms with Crippen molar-refractivity contribution in [2.24, 2.45) is 0 Å². The lowest BCUT2D eigenvalue weighted by atomic mass is 10.1. The molecule has 0 radical (unpaired) electrons. The highest BCUT2D eigenvalue weighted by Gasteiger charge is 2.21. The van der Waals surface area contributed by atoms with Gasteiger partial charge in [-0.05, 0) is 12.0 Å². The van der Waals surface area contributed by atoms with Crippen LogP contribution in [0.3, 0.4) is 0 Å². The van der Waals surface area contributed by atoms with Crippen molar-refractivity contribution in [2.75, 3.05) is 26.2 Å². The lowest BCUT2D eigenvalue weighted by molar-refractivity contribution is -0.135. The predicted octanol–water partition coefficient (Wildman–Crippen LogP) is 2.23. The van der Waals surface area contributed by atoms with E-state index in [-0.39, 0.29) is 24.4 Å². The monoisotopic (exact) mass is 312 g/mol. The number of amides is 1. The molecule has 5 heteroatoms. The van der Waals surface area contributed by atoms with Crippen LogP contribution in [-0.2, 0) is 16.1 Å². The Hall–Kier alpha value is -1.10. The van der Waals surface area contributed by atoms with Crippen LogP contribution in [0.15, 0.2) is 30.3 Å². The lowest BCUT2D eigenvalue weighted by Crippen LogP contribution is -2.42. The Kier molecular flexibility index (Phi) is 8.35. The van der Waals surface area contributed by atoms with Gasteiger partial charge in [0, 0.05) is 26.2 Å². The summed E-state index contributed by atoms with van der Waals surface area (Å²) in [5, 5.41) is 3.27. The standard InChI is InChI=1S/C16H24N2O2.ClH/c1-2-9-18(13-14-6-4-3-5-7-14)16(19)11-15-12-17-8-10-20-15;/h3-7,15,17H,2,8-13H2,1H3;1H. The number of carbonyl (C=O) groups excluding carboxylic acids is 1. The molecule has 1 atom stereocenters. The molecule has 1 aromatic rings. The van der Waals surface area contributed by atoms with Crippen LogP contribution in [0.2, 0.25) is 0 Å². The van der Waals surface area contributed by atoms with E-state index in [1.54, 1.807) is 0 Å². The number of hydrogen-bond acceptors (Lipinski definition) is 3. The Morgan fingerprint density at radius 3 is 2.76 bits per heavy atom. The Morgan fingerprint density at radius 1 is 1.38 bits per heavy atom. The Labute approximate surface area is 133 Å². The van der Waals surface area contributed by atoms with Crippen LogP contribution >= 0.6 is 12.4 Å². The van der Waals surface area contributed by atoms with Crippen molar-refractivity contribution in [1.82, 2.24) is 10.2 Å². The molecule has 1 amide bonds. The van der Waals surface area contributed by atoms with Gasteiger partial charge in [0.25, 0.3) is 0 Å². The topological polar surface area (TPSA) is 41.6 Å². The summed E-state index contributed by atoms with van der Waals surface area (Å²) in [5.41, 5.74) is 1.18. The average Bonchev–Trinajstić information content (AvgIpc) is 2.49. The SMILES string of the molecule is CCCN(Cc1ccccc1)C(=O)CC1CNCCO1.Cl. The number of rotatable bonds is 6. The number of nitrogens with zero attached hydrogens (tertiary/aromatic N) is 1. The molecule has 4 nitrogen and oxygen atoms in total. The van der Waals surface area contributed by atoms with Gasteiger partial charge in [0.05, 0.1) is 19.1 Å². The molecule has 0 aromatic heterocycles. The van der Waals surface area contributed by atoms with Gasteiger partial charge in [-0.3, -0.25) is 4.79 Å². The summed E-state index contributed by atoms with van der Waals surface area (Å²) in [5.74, 6) is 0.185. The largest absolute Gasteiger partial charge is 0.375 e. The molecule has 1 fully saturated rings. The number of nitrogens with one attached hydrogen (secondary N) is 1. The molecule has 0 aliphatic carbocycles. The van der Waals surface area contributed by atoms with Gasteiger partial charge in [-0.25, -0.2) is 0 Å². The number of hydrogen-bond donors (Lipinski definition) is 1. The second kappa shape index (κ2) is 9.77. The van der Waals surface area contributed by atoms with Gasteiger partial charge in [0.15, 0.2) is 0 Å². The summed E-state index contributed by atoms with van der Waals surface area (Å²) in [6.07, 6.45) is 1.47. The molecule has 21 heavy (non-hydrogen) atoms. The summed E-state index contributed by atoms with van der Waals surface area (Å²) in [6, 6.07) is 10.1. The Bertz CT molecular complexity index is 408. The molecule has 118 valence electrons. The van der Waals surface area contributed by atoms with E-state index >= 15 is 0 Å². The maximum atomic E-state index is 12.4. The van der Waals surface area contributed by atoms with Gasteiger partial charge < -0.3 is 15.0 Å². The summed E-state index contributed by atoms with van der Waals surface area (Å²) >= 11 is 0. The third-order valence-electron chi connectivity index (χ3n) is 3.47. The molecule has 1 unspecified atom stereocenters. The van der Waals surface area contributed by atoms with Crippen LogP contribution < -0.4 is 5.32 Å². The normalized spacial score (nSPS) is 17.9. The van der Waals surface area contributed by atoms with E-state index in [1.165, 1.54) is 5.56 Å². The fourth-order valence-corrected chi connectivity index (χ4v) is 2.44. The first-order chi connectivity index (χ1) is 9.79. The predicted molar refractivity (Wildman–Crippen MR) is 86.6 cm³/mol. The molecule has 0 saturated carbocycles. The molecule has 1 aromatic carbocycles. The van der Waals surface area contributed by atoms with E-state index in [4.69, 9.17) is 4.74 Å². The van der Waals surface area contributed by atoms with Crippen LogP contribution in [-0.4, -0.2) is 43.2 Å². The fourth-order valence-electron chi connectivity index (χ4n) is 2.44. The van der Waals surface area contributed by atoms with Gasteiger partial charge in [0.1, 0.15) is 0 Å². The molecular weight excluding hydrogens is 288 g/mol. The van der Waals surface area contributed by atoms with E-state index in [9.17, 15) is 4.79 Å². The van der Waals surface area contributed by atoms with E-state index in [0.717, 1.165) is 26.1 Å². The molecule has 1 aliphatic heterocycles. The lowest BCUT2D eigenvalue weighted by Gasteiger charge is -2.27. The van der Waals surface area contributed by atoms with Crippen LogP contribution in [0, 0.1) is 0 Å². The van der Waals surface area contributed by atoms with Crippen molar-refractivity contribution in [3.63, 3.8) is 0 Å². The second-order valence-electron chi connectivity index (χ2n) is 5.20. The zero-order valence-corrected chi connectivity index (χ0v) is 13.4. The van der Waals surface area contributed by atoms with Crippen LogP contribution in [0.4, 0.5) is 0 Å². The molecule has 1 N–H and O–H groups in total. The highest BCUT2D eigenvalue weighted by molar-refractivity contribution is 5.85. The van der Waals surface area contributed by atoms with Crippen molar-refractivity contribution >= 4 is 18.3 Å². The Balaban J connectivity index is 0.00000220. The van der Waals surface area contributed by atoms with E-state index in [2.05, 4.69) is 24.4 Å². The smallest absolute Gasteiger partial charge is 0.225 e. The highest BCUT2D eigenvalue weighted by Crippen LogP contribution is 2.10. The quantitative estimate of drug-likeness (QED) is 0.876. The van der Waals surface area contributed by atoms with Crippen molar-refractivity contribution in [1.29, 1.82) is 0 Å². The van der Waals surface area contributed by atoms with Crippen LogP contribution in [0.5, 0.6) is 0 Å². The Morgan fingerprint density at radius 2 is 2.14 bits per heavy atom. The van der Waals surface area contributed by atoms with E-state index in [0.29, 0.717) is 19.6 Å². The summed E-state index contributed by atoms with van der Waals surface area (Å²) in [7, 11) is 0. The van der Waals surface area contributed by atoms with Gasteiger partial charge in [-0.15, -0.1) is 12.4 Å². The average molecular weight is 313 g/mol. The first-order valence-electron chi connectivity index (χ1n) is 7.43. The van der Waals surface area contributed by atoms with Gasteiger partial charge in [0.2, 0.25) is 5.91 Å². The van der Waals surface area contributed by atoms with Crippen molar-refractivity contribution in [3.05, 3.63) is 35.9 Å². The number of benzene rings is 1. The molecule has 2 rings (SSSR count).